The minimum Gasteiger partial charge on any atom is -0.491 e. The molecule has 0 aromatic heterocycles. The fourth-order valence-electron chi connectivity index (χ4n) is 2.77. The largest absolute Gasteiger partial charge is 0.491 e. The van der Waals surface area contributed by atoms with Crippen LogP contribution in [-0.2, 0) is 11.3 Å². The van der Waals surface area contributed by atoms with E-state index < -0.39 is 0 Å². The molecule has 2 rings (SSSR count). The second-order valence-corrected chi connectivity index (χ2v) is 6.78. The van der Waals surface area contributed by atoms with Gasteiger partial charge in [0.2, 0.25) is 0 Å². The molecule has 0 aliphatic heterocycles. The minimum absolute atomic E-state index is 0. The van der Waals surface area contributed by atoms with Crippen LogP contribution in [0.15, 0.2) is 53.5 Å². The highest BCUT2D eigenvalue weighted by atomic mass is 127. The summed E-state index contributed by atoms with van der Waals surface area (Å²) in [6, 6.07) is 15.4. The van der Waals surface area contributed by atoms with Crippen LogP contribution in [-0.4, -0.2) is 52.3 Å². The summed E-state index contributed by atoms with van der Waals surface area (Å²) in [6.45, 7) is 4.97. The lowest BCUT2D eigenvalue weighted by Crippen LogP contribution is -2.38. The van der Waals surface area contributed by atoms with E-state index in [1.165, 1.54) is 0 Å². The van der Waals surface area contributed by atoms with Crippen molar-refractivity contribution in [3.8, 4) is 5.75 Å². The van der Waals surface area contributed by atoms with E-state index in [2.05, 4.69) is 33.1 Å². The number of nitrogens with one attached hydrogen (secondary N) is 3. The molecule has 2 aromatic carbocycles. The van der Waals surface area contributed by atoms with Crippen LogP contribution in [0, 0.1) is 6.92 Å². The maximum Gasteiger partial charge on any atom is 0.251 e. The number of carbonyl (C=O) groups excluding carboxylic acids is 1. The van der Waals surface area contributed by atoms with Crippen LogP contribution in [0.5, 0.6) is 5.75 Å². The molecule has 1 amide bonds. The van der Waals surface area contributed by atoms with Crippen molar-refractivity contribution < 1.29 is 14.3 Å². The fourth-order valence-corrected chi connectivity index (χ4v) is 2.77. The summed E-state index contributed by atoms with van der Waals surface area (Å²) in [7, 11) is 3.39. The van der Waals surface area contributed by atoms with Gasteiger partial charge in [0.15, 0.2) is 5.96 Å². The van der Waals surface area contributed by atoms with Crippen LogP contribution in [0.4, 0.5) is 0 Å². The lowest BCUT2D eigenvalue weighted by atomic mass is 10.1. The van der Waals surface area contributed by atoms with Gasteiger partial charge in [-0.1, -0.05) is 30.3 Å². The Morgan fingerprint density at radius 1 is 1.00 bits per heavy atom. The molecule has 2 aromatic rings. The molecular formula is C23H33IN4O3. The van der Waals surface area contributed by atoms with E-state index in [-0.39, 0.29) is 29.9 Å². The predicted molar refractivity (Wildman–Crippen MR) is 136 cm³/mol. The molecule has 0 saturated heterocycles. The smallest absolute Gasteiger partial charge is 0.251 e. The van der Waals surface area contributed by atoms with Crippen molar-refractivity contribution in [3.63, 3.8) is 0 Å². The Labute approximate surface area is 202 Å². The third-order valence-electron chi connectivity index (χ3n) is 4.41. The van der Waals surface area contributed by atoms with Gasteiger partial charge in [-0.05, 0) is 37.1 Å². The van der Waals surface area contributed by atoms with E-state index in [4.69, 9.17) is 9.47 Å². The second-order valence-electron chi connectivity index (χ2n) is 6.78. The van der Waals surface area contributed by atoms with Crippen LogP contribution >= 0.6 is 24.0 Å². The Morgan fingerprint density at radius 3 is 2.45 bits per heavy atom. The molecule has 170 valence electrons. The summed E-state index contributed by atoms with van der Waals surface area (Å²) in [4.78, 5) is 16.3. The quantitative estimate of drug-likeness (QED) is 0.177. The van der Waals surface area contributed by atoms with Crippen molar-refractivity contribution in [1.82, 2.24) is 16.0 Å². The zero-order valence-electron chi connectivity index (χ0n) is 18.4. The van der Waals surface area contributed by atoms with Gasteiger partial charge in [0.25, 0.3) is 5.91 Å². The predicted octanol–water partition coefficient (Wildman–Crippen LogP) is 3.12. The Morgan fingerprint density at radius 2 is 1.74 bits per heavy atom. The summed E-state index contributed by atoms with van der Waals surface area (Å²) >= 11 is 0. The maximum absolute atomic E-state index is 12.0. The molecule has 0 unspecified atom stereocenters. The number of rotatable bonds is 11. The molecule has 31 heavy (non-hydrogen) atoms. The number of carbonyl (C=O) groups is 1. The van der Waals surface area contributed by atoms with Gasteiger partial charge < -0.3 is 25.4 Å². The third kappa shape index (κ3) is 10.0. The highest BCUT2D eigenvalue weighted by molar-refractivity contribution is 14.0. The molecule has 8 heteroatoms. The number of ether oxygens (including phenoxy) is 2. The third-order valence-corrected chi connectivity index (χ3v) is 4.41. The highest BCUT2D eigenvalue weighted by Crippen LogP contribution is 2.20. The molecule has 3 N–H and O–H groups in total. The molecular weight excluding hydrogens is 507 g/mol. The summed E-state index contributed by atoms with van der Waals surface area (Å²) in [5.74, 6) is 1.49. The van der Waals surface area contributed by atoms with Gasteiger partial charge >= 0.3 is 0 Å². The molecule has 0 fully saturated rings. The first-order valence-electron chi connectivity index (χ1n) is 10.1. The number of nitrogens with zero attached hydrogens (tertiary/aromatic N) is 1. The number of aryl methyl sites for hydroxylation is 1. The molecule has 0 heterocycles. The number of aliphatic imine (C=N–C) groups is 1. The zero-order chi connectivity index (χ0) is 21.6. The Balaban J connectivity index is 0.00000480. The lowest BCUT2D eigenvalue weighted by Gasteiger charge is -2.15. The van der Waals surface area contributed by atoms with E-state index in [0.29, 0.717) is 44.4 Å². The first-order valence-corrected chi connectivity index (χ1v) is 10.1. The van der Waals surface area contributed by atoms with E-state index >= 15 is 0 Å². The summed E-state index contributed by atoms with van der Waals surface area (Å²) in [5.41, 5.74) is 2.87. The maximum atomic E-state index is 12.0. The van der Waals surface area contributed by atoms with Gasteiger partial charge in [-0.3, -0.25) is 9.79 Å². The number of guanidine groups is 1. The van der Waals surface area contributed by atoms with Crippen LogP contribution < -0.4 is 20.7 Å². The summed E-state index contributed by atoms with van der Waals surface area (Å²) in [6.07, 6.45) is 0.787. The number of benzene rings is 2. The SMILES string of the molecule is CN=C(NCCCNC(=O)c1ccccc1)NCc1ccc(C)cc1OCCOC.I. The Bertz CT molecular complexity index is 816. The molecule has 0 aliphatic carbocycles. The van der Waals surface area contributed by atoms with Gasteiger partial charge in [-0.2, -0.15) is 0 Å². The first kappa shape index (κ1) is 26.7. The van der Waals surface area contributed by atoms with E-state index in [0.717, 1.165) is 23.3 Å². The minimum atomic E-state index is -0.0570. The average molecular weight is 540 g/mol. The molecule has 0 radical (unpaired) electrons. The van der Waals surface area contributed by atoms with Crippen molar-refractivity contribution in [2.75, 3.05) is 40.5 Å². The number of amides is 1. The second kappa shape index (κ2) is 15.5. The lowest BCUT2D eigenvalue weighted by molar-refractivity contribution is 0.0953. The van der Waals surface area contributed by atoms with Crippen molar-refractivity contribution in [2.45, 2.75) is 19.9 Å². The summed E-state index contributed by atoms with van der Waals surface area (Å²) < 4.78 is 10.9. The number of hydrogen-bond acceptors (Lipinski definition) is 4. The highest BCUT2D eigenvalue weighted by Gasteiger charge is 2.06. The van der Waals surface area contributed by atoms with Crippen molar-refractivity contribution >= 4 is 35.8 Å². The number of halogens is 1. The van der Waals surface area contributed by atoms with Crippen LogP contribution in [0.3, 0.4) is 0 Å². The molecule has 7 nitrogen and oxygen atoms in total. The van der Waals surface area contributed by atoms with Gasteiger partial charge in [0.1, 0.15) is 12.4 Å². The van der Waals surface area contributed by atoms with E-state index in [1.54, 1.807) is 26.3 Å². The van der Waals surface area contributed by atoms with Crippen LogP contribution in [0.1, 0.15) is 27.9 Å². The summed E-state index contributed by atoms with van der Waals surface area (Å²) in [5, 5.41) is 9.48. The monoisotopic (exact) mass is 540 g/mol. The van der Waals surface area contributed by atoms with Crippen LogP contribution in [0.25, 0.3) is 0 Å². The van der Waals surface area contributed by atoms with E-state index in [9.17, 15) is 4.79 Å². The Kier molecular flexibility index (Phi) is 13.3. The van der Waals surface area contributed by atoms with Crippen molar-refractivity contribution in [1.29, 1.82) is 0 Å². The van der Waals surface area contributed by atoms with Crippen molar-refractivity contribution in [2.24, 2.45) is 4.99 Å². The molecule has 0 atom stereocenters. The standard InChI is InChI=1S/C23H32N4O3.HI/c1-18-10-11-20(21(16-18)30-15-14-29-3)17-27-23(24-2)26-13-7-12-25-22(28)19-8-5-4-6-9-19;/h4-6,8-11,16H,7,12-15,17H2,1-3H3,(H,25,28)(H2,24,26,27);1H. The zero-order valence-corrected chi connectivity index (χ0v) is 20.8. The van der Waals surface area contributed by atoms with E-state index in [1.807, 2.05) is 31.2 Å². The van der Waals surface area contributed by atoms with Crippen molar-refractivity contribution in [3.05, 3.63) is 65.2 Å². The van der Waals surface area contributed by atoms with Gasteiger partial charge in [0, 0.05) is 44.9 Å². The normalized spacial score (nSPS) is 10.7. The van der Waals surface area contributed by atoms with Gasteiger partial charge in [-0.25, -0.2) is 0 Å². The molecule has 0 aliphatic rings. The van der Waals surface area contributed by atoms with Gasteiger partial charge in [0.05, 0.1) is 6.61 Å². The number of hydrogen-bond donors (Lipinski definition) is 3. The topological polar surface area (TPSA) is 84.0 Å². The van der Waals surface area contributed by atoms with Crippen LogP contribution in [0.2, 0.25) is 0 Å². The first-order chi connectivity index (χ1) is 14.6. The Hall–Kier alpha value is -2.33. The molecule has 0 spiro atoms. The average Bonchev–Trinajstić information content (AvgIpc) is 2.77. The molecule has 0 bridgehead atoms. The number of methoxy groups -OCH3 is 1. The molecule has 0 saturated carbocycles. The fraction of sp³-hybridized carbons (Fsp3) is 0.391. The van der Waals surface area contributed by atoms with Gasteiger partial charge in [-0.15, -0.1) is 24.0 Å².